The van der Waals surface area contributed by atoms with Crippen molar-refractivity contribution in [3.63, 3.8) is 0 Å². The van der Waals surface area contributed by atoms with Crippen LogP contribution in [0.15, 0.2) is 22.0 Å². The van der Waals surface area contributed by atoms with E-state index in [9.17, 15) is 9.59 Å². The summed E-state index contributed by atoms with van der Waals surface area (Å²) < 4.78 is 1.33. The molecule has 0 saturated heterocycles. The lowest BCUT2D eigenvalue weighted by Gasteiger charge is -2.35. The average molecular weight is 330 g/mol. The van der Waals surface area contributed by atoms with Crippen molar-refractivity contribution >= 4 is 17.5 Å². The summed E-state index contributed by atoms with van der Waals surface area (Å²) in [5, 5.41) is 2.78. The van der Waals surface area contributed by atoms with E-state index in [0.29, 0.717) is 5.56 Å². The third-order valence-electron chi connectivity index (χ3n) is 4.80. The fourth-order valence-electron chi connectivity index (χ4n) is 3.43. The van der Waals surface area contributed by atoms with Crippen molar-refractivity contribution in [3.05, 3.63) is 50.4 Å². The van der Waals surface area contributed by atoms with Gasteiger partial charge in [-0.3, -0.25) is 14.3 Å². The fourth-order valence-corrected chi connectivity index (χ4v) is 5.11. The van der Waals surface area contributed by atoms with Gasteiger partial charge < -0.3 is 5.10 Å². The van der Waals surface area contributed by atoms with Gasteiger partial charge in [-0.1, -0.05) is 13.8 Å². The lowest BCUT2D eigenvalue weighted by molar-refractivity contribution is 0.103. The summed E-state index contributed by atoms with van der Waals surface area (Å²) in [7, 11) is 1.61. The molecule has 2 heterocycles. The molecular weight excluding hydrogens is 308 g/mol. The molecule has 23 heavy (non-hydrogen) atoms. The normalized spacial score (nSPS) is 16.2. The highest BCUT2D eigenvalue weighted by molar-refractivity contribution is 7.99. The first-order valence-corrected chi connectivity index (χ1v) is 8.79. The zero-order chi connectivity index (χ0) is 16.9. The van der Waals surface area contributed by atoms with Gasteiger partial charge in [-0.05, 0) is 54.2 Å². The van der Waals surface area contributed by atoms with Gasteiger partial charge in [0.2, 0.25) is 0 Å². The number of H-pyrrole nitrogens is 1. The van der Waals surface area contributed by atoms with E-state index in [0.717, 1.165) is 23.3 Å². The molecule has 5 heteroatoms. The van der Waals surface area contributed by atoms with Crippen LogP contribution >= 0.6 is 11.8 Å². The van der Waals surface area contributed by atoms with E-state index in [1.54, 1.807) is 7.05 Å². The number of hydrogen-bond acceptors (Lipinski definition) is 3. The molecule has 1 aromatic carbocycles. The van der Waals surface area contributed by atoms with Gasteiger partial charge in [-0.15, -0.1) is 11.8 Å². The minimum atomic E-state index is -0.279. The lowest BCUT2D eigenvalue weighted by Crippen LogP contribution is -2.27. The van der Waals surface area contributed by atoms with Crippen molar-refractivity contribution < 1.29 is 4.79 Å². The molecule has 1 N–H and O–H groups in total. The number of aromatic amines is 1. The Hall–Kier alpha value is -1.75. The summed E-state index contributed by atoms with van der Waals surface area (Å²) in [5.41, 5.74) is 4.03. The number of rotatable bonds is 2. The Morgan fingerprint density at radius 2 is 2.00 bits per heavy atom. The van der Waals surface area contributed by atoms with E-state index in [2.05, 4.69) is 25.9 Å². The van der Waals surface area contributed by atoms with Gasteiger partial charge in [-0.2, -0.15) is 0 Å². The molecule has 4 nitrogen and oxygen atoms in total. The first-order valence-electron chi connectivity index (χ1n) is 7.80. The van der Waals surface area contributed by atoms with Crippen molar-refractivity contribution in [2.45, 2.75) is 44.4 Å². The van der Waals surface area contributed by atoms with Crippen LogP contribution in [0.3, 0.4) is 0 Å². The van der Waals surface area contributed by atoms with Crippen LogP contribution in [0, 0.1) is 13.8 Å². The molecule has 0 bridgehead atoms. The van der Waals surface area contributed by atoms with E-state index in [4.69, 9.17) is 0 Å². The van der Waals surface area contributed by atoms with Gasteiger partial charge in [0, 0.05) is 23.7 Å². The number of aryl methyl sites for hydroxylation is 2. The molecule has 0 fully saturated rings. The molecule has 0 aliphatic carbocycles. The molecule has 3 rings (SSSR count). The van der Waals surface area contributed by atoms with Crippen molar-refractivity contribution in [1.29, 1.82) is 0 Å². The molecular formula is C18H22N2O2S. The van der Waals surface area contributed by atoms with E-state index < -0.39 is 0 Å². The molecule has 2 aromatic rings. The number of nitrogens with zero attached hydrogens (tertiary/aromatic N) is 1. The van der Waals surface area contributed by atoms with Gasteiger partial charge in [-0.25, -0.2) is 0 Å². The highest BCUT2D eigenvalue weighted by Crippen LogP contribution is 2.45. The molecule has 122 valence electrons. The predicted octanol–water partition coefficient (Wildman–Crippen LogP) is 3.33. The first-order chi connectivity index (χ1) is 10.7. The van der Waals surface area contributed by atoms with E-state index in [1.807, 2.05) is 24.8 Å². The van der Waals surface area contributed by atoms with E-state index >= 15 is 0 Å². The SMILES string of the molecule is Cc1cc(C(=O)c2c[nH]n(C)c2=O)c(C)c2c1SCCC2(C)C. The Morgan fingerprint density at radius 3 is 2.61 bits per heavy atom. The second-order valence-electron chi connectivity index (χ2n) is 6.93. The zero-order valence-electron chi connectivity index (χ0n) is 14.2. The van der Waals surface area contributed by atoms with Crippen LogP contribution < -0.4 is 5.56 Å². The number of fused-ring (bicyclic) bond motifs is 1. The van der Waals surface area contributed by atoms with Crippen LogP contribution in [0.5, 0.6) is 0 Å². The standard InChI is InChI=1S/C18H22N2O2S/c1-10-8-12(15(21)13-9-19-20(5)17(13)22)11(2)14-16(10)23-7-6-18(14,3)4/h8-9,19H,6-7H2,1-5H3. The largest absolute Gasteiger partial charge is 0.302 e. The van der Waals surface area contributed by atoms with Crippen LogP contribution in [0.2, 0.25) is 0 Å². The van der Waals surface area contributed by atoms with Crippen molar-refractivity contribution in [2.24, 2.45) is 7.05 Å². The summed E-state index contributed by atoms with van der Waals surface area (Å²) in [4.78, 5) is 26.3. The Morgan fingerprint density at radius 1 is 1.30 bits per heavy atom. The number of hydrogen-bond donors (Lipinski definition) is 1. The highest BCUT2D eigenvalue weighted by atomic mass is 32.2. The maximum Gasteiger partial charge on any atom is 0.277 e. The fraction of sp³-hybridized carbons (Fsp3) is 0.444. The van der Waals surface area contributed by atoms with Gasteiger partial charge in [0.05, 0.1) is 0 Å². The molecule has 1 aliphatic rings. The molecule has 1 aromatic heterocycles. The molecule has 0 unspecified atom stereocenters. The van der Waals surface area contributed by atoms with Gasteiger partial charge >= 0.3 is 0 Å². The third kappa shape index (κ3) is 2.47. The highest BCUT2D eigenvalue weighted by Gasteiger charge is 2.33. The second-order valence-corrected chi connectivity index (χ2v) is 8.04. The summed E-state index contributed by atoms with van der Waals surface area (Å²) in [5.74, 6) is 0.910. The number of benzene rings is 1. The van der Waals surface area contributed by atoms with Crippen molar-refractivity contribution in [3.8, 4) is 0 Å². The number of thioether (sulfide) groups is 1. The predicted molar refractivity (Wildman–Crippen MR) is 93.7 cm³/mol. The summed E-state index contributed by atoms with van der Waals surface area (Å²) in [6, 6.07) is 1.94. The summed E-state index contributed by atoms with van der Waals surface area (Å²) >= 11 is 1.87. The number of carbonyl (C=O) groups is 1. The van der Waals surface area contributed by atoms with Crippen LogP contribution in [-0.4, -0.2) is 21.3 Å². The van der Waals surface area contributed by atoms with Crippen LogP contribution in [0.1, 0.15) is 52.9 Å². The van der Waals surface area contributed by atoms with Crippen molar-refractivity contribution in [2.75, 3.05) is 5.75 Å². The number of carbonyl (C=O) groups excluding carboxylic acids is 1. The molecule has 0 atom stereocenters. The number of aromatic nitrogens is 2. The Balaban J connectivity index is 2.22. The Kier molecular flexibility index (Phi) is 3.79. The Labute approximate surface area is 140 Å². The topological polar surface area (TPSA) is 54.9 Å². The smallest absolute Gasteiger partial charge is 0.277 e. The minimum Gasteiger partial charge on any atom is -0.302 e. The monoisotopic (exact) mass is 330 g/mol. The van der Waals surface area contributed by atoms with Crippen LogP contribution in [-0.2, 0) is 12.5 Å². The average Bonchev–Trinajstić information content (AvgIpc) is 2.81. The van der Waals surface area contributed by atoms with Gasteiger partial charge in [0.25, 0.3) is 5.56 Å². The summed E-state index contributed by atoms with van der Waals surface area (Å²) in [6.07, 6.45) is 2.59. The lowest BCUT2D eigenvalue weighted by atomic mass is 9.77. The van der Waals surface area contributed by atoms with Crippen molar-refractivity contribution in [1.82, 2.24) is 9.78 Å². The quantitative estimate of drug-likeness (QED) is 0.859. The number of nitrogens with one attached hydrogen (secondary N) is 1. The molecule has 0 saturated carbocycles. The van der Waals surface area contributed by atoms with E-state index in [1.165, 1.54) is 21.3 Å². The van der Waals surface area contributed by atoms with E-state index in [-0.39, 0.29) is 22.3 Å². The first kappa shape index (κ1) is 16.1. The van der Waals surface area contributed by atoms with Gasteiger partial charge in [0.1, 0.15) is 5.56 Å². The molecule has 0 spiro atoms. The van der Waals surface area contributed by atoms with Gasteiger partial charge in [0.15, 0.2) is 5.78 Å². The molecule has 1 aliphatic heterocycles. The Bertz CT molecular complexity index is 859. The second kappa shape index (κ2) is 5.41. The molecule has 0 radical (unpaired) electrons. The number of ketones is 1. The zero-order valence-corrected chi connectivity index (χ0v) is 15.1. The van der Waals surface area contributed by atoms with Crippen LogP contribution in [0.25, 0.3) is 0 Å². The third-order valence-corrected chi connectivity index (χ3v) is 6.03. The molecule has 0 amide bonds. The maximum atomic E-state index is 12.9. The minimum absolute atomic E-state index is 0.0504. The maximum absolute atomic E-state index is 12.9. The van der Waals surface area contributed by atoms with Crippen LogP contribution in [0.4, 0.5) is 0 Å². The summed E-state index contributed by atoms with van der Waals surface area (Å²) in [6.45, 7) is 8.54.